The second kappa shape index (κ2) is 7.11. The highest BCUT2D eigenvalue weighted by molar-refractivity contribution is 7.89. The SMILES string of the molecule is Cl.O=S(=O)(NC1CCNCC1)c1cccc(Cl)c1Cl. The molecule has 4 nitrogen and oxygen atoms in total. The van der Waals surface area contributed by atoms with Crippen molar-refractivity contribution in [2.75, 3.05) is 13.1 Å². The molecule has 0 bridgehead atoms. The zero-order chi connectivity index (χ0) is 13.2. The van der Waals surface area contributed by atoms with E-state index >= 15 is 0 Å². The Hall–Kier alpha value is -0.0400. The smallest absolute Gasteiger partial charge is 0.242 e. The number of hydrogen-bond donors (Lipinski definition) is 2. The molecule has 0 spiro atoms. The number of piperidine rings is 1. The van der Waals surface area contributed by atoms with Crippen LogP contribution >= 0.6 is 35.6 Å². The fraction of sp³-hybridized carbons (Fsp3) is 0.455. The Morgan fingerprint density at radius 3 is 2.47 bits per heavy atom. The first-order chi connectivity index (χ1) is 8.50. The van der Waals surface area contributed by atoms with Crippen LogP contribution in [-0.4, -0.2) is 27.5 Å². The lowest BCUT2D eigenvalue weighted by Gasteiger charge is -2.23. The van der Waals surface area contributed by atoms with Gasteiger partial charge in [-0.3, -0.25) is 0 Å². The molecule has 1 heterocycles. The van der Waals surface area contributed by atoms with Crippen molar-refractivity contribution in [1.82, 2.24) is 10.0 Å². The summed E-state index contributed by atoms with van der Waals surface area (Å²) in [4.78, 5) is 0.0372. The van der Waals surface area contributed by atoms with Crippen LogP contribution in [-0.2, 0) is 10.0 Å². The molecule has 0 amide bonds. The van der Waals surface area contributed by atoms with Gasteiger partial charge in [-0.2, -0.15) is 0 Å². The molecule has 1 aliphatic rings. The molecule has 1 fully saturated rings. The molecule has 2 N–H and O–H groups in total. The van der Waals surface area contributed by atoms with Crippen LogP contribution in [0.5, 0.6) is 0 Å². The summed E-state index contributed by atoms with van der Waals surface area (Å²) in [5.41, 5.74) is 0. The standard InChI is InChI=1S/C11H14Cl2N2O2S.ClH/c12-9-2-1-3-10(11(9)13)18(16,17)15-8-4-6-14-7-5-8;/h1-3,8,14-15H,4-7H2;1H. The van der Waals surface area contributed by atoms with E-state index in [1.165, 1.54) is 6.07 Å². The largest absolute Gasteiger partial charge is 0.317 e. The van der Waals surface area contributed by atoms with Crippen LogP contribution in [0.25, 0.3) is 0 Å². The zero-order valence-electron chi connectivity index (χ0n) is 10.0. The maximum atomic E-state index is 12.2. The van der Waals surface area contributed by atoms with Crippen molar-refractivity contribution >= 4 is 45.6 Å². The topological polar surface area (TPSA) is 58.2 Å². The Morgan fingerprint density at radius 1 is 1.21 bits per heavy atom. The average molecular weight is 346 g/mol. The van der Waals surface area contributed by atoms with Crippen LogP contribution in [0, 0.1) is 0 Å². The molecule has 0 unspecified atom stereocenters. The van der Waals surface area contributed by atoms with Gasteiger partial charge in [-0.05, 0) is 38.1 Å². The molecule has 1 aromatic rings. The van der Waals surface area contributed by atoms with E-state index < -0.39 is 10.0 Å². The van der Waals surface area contributed by atoms with Gasteiger partial charge in [0.15, 0.2) is 0 Å². The molecule has 1 saturated heterocycles. The first kappa shape index (κ1) is 17.0. The molecular formula is C11H15Cl3N2O2S. The highest BCUT2D eigenvalue weighted by atomic mass is 35.5. The first-order valence-electron chi connectivity index (χ1n) is 5.68. The third-order valence-electron chi connectivity index (χ3n) is 2.87. The van der Waals surface area contributed by atoms with Crippen molar-refractivity contribution in [3.8, 4) is 0 Å². The molecule has 0 radical (unpaired) electrons. The number of nitrogens with one attached hydrogen (secondary N) is 2. The molecule has 1 aliphatic heterocycles. The molecule has 0 aliphatic carbocycles. The van der Waals surface area contributed by atoms with E-state index in [1.807, 2.05) is 0 Å². The average Bonchev–Trinajstić information content (AvgIpc) is 2.33. The number of hydrogen-bond acceptors (Lipinski definition) is 3. The van der Waals surface area contributed by atoms with Gasteiger partial charge >= 0.3 is 0 Å². The lowest BCUT2D eigenvalue weighted by Crippen LogP contribution is -2.42. The fourth-order valence-corrected chi connectivity index (χ4v) is 3.98. The summed E-state index contributed by atoms with van der Waals surface area (Å²) in [5.74, 6) is 0. The quantitative estimate of drug-likeness (QED) is 0.884. The molecule has 8 heteroatoms. The highest BCUT2D eigenvalue weighted by Gasteiger charge is 2.24. The molecule has 0 atom stereocenters. The second-order valence-corrected chi connectivity index (χ2v) is 6.67. The van der Waals surface area contributed by atoms with Crippen molar-refractivity contribution in [3.05, 3.63) is 28.2 Å². The minimum absolute atomic E-state index is 0. The lowest BCUT2D eigenvalue weighted by atomic mass is 10.1. The molecule has 19 heavy (non-hydrogen) atoms. The first-order valence-corrected chi connectivity index (χ1v) is 7.91. The molecule has 2 rings (SSSR count). The molecule has 0 aromatic heterocycles. The Morgan fingerprint density at radius 2 is 1.84 bits per heavy atom. The van der Waals surface area contributed by atoms with Crippen molar-refractivity contribution in [2.24, 2.45) is 0 Å². The van der Waals surface area contributed by atoms with Crippen LogP contribution in [0.15, 0.2) is 23.1 Å². The van der Waals surface area contributed by atoms with E-state index in [0.717, 1.165) is 25.9 Å². The Balaban J connectivity index is 0.00000180. The van der Waals surface area contributed by atoms with E-state index in [9.17, 15) is 8.42 Å². The maximum Gasteiger partial charge on any atom is 0.242 e. The molecule has 0 saturated carbocycles. The number of halogens is 3. The van der Waals surface area contributed by atoms with E-state index in [-0.39, 0.29) is 33.4 Å². The monoisotopic (exact) mass is 344 g/mol. The summed E-state index contributed by atoms with van der Waals surface area (Å²) in [6.07, 6.45) is 1.55. The third kappa shape index (κ3) is 4.21. The number of sulfonamides is 1. The highest BCUT2D eigenvalue weighted by Crippen LogP contribution is 2.29. The Kier molecular flexibility index (Phi) is 6.36. The third-order valence-corrected chi connectivity index (χ3v) is 5.36. The van der Waals surface area contributed by atoms with Gasteiger partial charge in [0.2, 0.25) is 10.0 Å². The number of rotatable bonds is 3. The Labute approximate surface area is 129 Å². The van der Waals surface area contributed by atoms with Gasteiger partial charge in [-0.25, -0.2) is 13.1 Å². The molecule has 108 valence electrons. The zero-order valence-corrected chi connectivity index (χ0v) is 13.2. The predicted molar refractivity (Wildman–Crippen MR) is 79.9 cm³/mol. The molecular weight excluding hydrogens is 331 g/mol. The lowest BCUT2D eigenvalue weighted by molar-refractivity contribution is 0.427. The van der Waals surface area contributed by atoms with Crippen LogP contribution in [0.2, 0.25) is 10.0 Å². The van der Waals surface area contributed by atoms with Gasteiger partial charge < -0.3 is 5.32 Å². The summed E-state index contributed by atoms with van der Waals surface area (Å²) in [7, 11) is -3.61. The minimum atomic E-state index is -3.61. The van der Waals surface area contributed by atoms with Gasteiger partial charge in [-0.15, -0.1) is 12.4 Å². The molecule has 1 aromatic carbocycles. The normalized spacial score (nSPS) is 16.9. The van der Waals surface area contributed by atoms with Crippen molar-refractivity contribution in [2.45, 2.75) is 23.8 Å². The summed E-state index contributed by atoms with van der Waals surface area (Å²) < 4.78 is 27.1. The summed E-state index contributed by atoms with van der Waals surface area (Å²) >= 11 is 11.8. The van der Waals surface area contributed by atoms with Gasteiger partial charge in [0.25, 0.3) is 0 Å². The second-order valence-electron chi connectivity index (χ2n) is 4.20. The van der Waals surface area contributed by atoms with E-state index in [0.29, 0.717) is 0 Å². The van der Waals surface area contributed by atoms with E-state index in [1.54, 1.807) is 12.1 Å². The van der Waals surface area contributed by atoms with Crippen molar-refractivity contribution < 1.29 is 8.42 Å². The predicted octanol–water partition coefficient (Wildman–Crippen LogP) is 2.45. The van der Waals surface area contributed by atoms with E-state index in [2.05, 4.69) is 10.0 Å². The van der Waals surface area contributed by atoms with Crippen LogP contribution in [0.4, 0.5) is 0 Å². The number of benzene rings is 1. The summed E-state index contributed by atoms with van der Waals surface area (Å²) in [6, 6.07) is 4.54. The van der Waals surface area contributed by atoms with Crippen LogP contribution in [0.3, 0.4) is 0 Å². The fourth-order valence-electron chi connectivity index (χ4n) is 1.91. The van der Waals surface area contributed by atoms with Gasteiger partial charge in [-0.1, -0.05) is 29.3 Å². The van der Waals surface area contributed by atoms with E-state index in [4.69, 9.17) is 23.2 Å². The van der Waals surface area contributed by atoms with Crippen LogP contribution < -0.4 is 10.0 Å². The Bertz CT molecular complexity index is 531. The minimum Gasteiger partial charge on any atom is -0.317 e. The summed E-state index contributed by atoms with van der Waals surface area (Å²) in [5, 5.41) is 3.49. The maximum absolute atomic E-state index is 12.2. The van der Waals surface area contributed by atoms with Crippen LogP contribution in [0.1, 0.15) is 12.8 Å². The summed E-state index contributed by atoms with van der Waals surface area (Å²) in [6.45, 7) is 1.63. The van der Waals surface area contributed by atoms with Crippen molar-refractivity contribution in [3.63, 3.8) is 0 Å². The van der Waals surface area contributed by atoms with Gasteiger partial charge in [0, 0.05) is 6.04 Å². The van der Waals surface area contributed by atoms with Gasteiger partial charge in [0.05, 0.1) is 10.0 Å². The van der Waals surface area contributed by atoms with Gasteiger partial charge in [0.1, 0.15) is 4.90 Å². The van der Waals surface area contributed by atoms with Crippen molar-refractivity contribution in [1.29, 1.82) is 0 Å².